The zero-order chi connectivity index (χ0) is 14.4. The molecule has 2 rings (SSSR count). The molecular weight excluding hydrogens is 250 g/mol. The van der Waals surface area contributed by atoms with Gasteiger partial charge in [-0.25, -0.2) is 4.98 Å². The molecule has 0 amide bonds. The van der Waals surface area contributed by atoms with Gasteiger partial charge < -0.3 is 9.88 Å². The van der Waals surface area contributed by atoms with Crippen molar-refractivity contribution in [3.8, 4) is 0 Å². The maximum Gasteiger partial charge on any atom is 0.110 e. The second-order valence-electron chi connectivity index (χ2n) is 5.20. The Morgan fingerprint density at radius 3 is 2.80 bits per heavy atom. The molecule has 110 valence electrons. The van der Waals surface area contributed by atoms with Crippen molar-refractivity contribution in [2.75, 3.05) is 6.54 Å². The number of hydrogen-bond donors (Lipinski definition) is 1. The first-order valence-electron chi connectivity index (χ1n) is 7.46. The number of rotatable bonds is 8. The van der Waals surface area contributed by atoms with Crippen LogP contribution in [0.2, 0.25) is 0 Å². The summed E-state index contributed by atoms with van der Waals surface area (Å²) in [6.07, 6.45) is 11.1. The van der Waals surface area contributed by atoms with Crippen molar-refractivity contribution in [2.24, 2.45) is 7.05 Å². The van der Waals surface area contributed by atoms with Gasteiger partial charge in [-0.05, 0) is 19.4 Å². The molecule has 0 spiro atoms. The molecule has 0 fully saturated rings. The number of aryl methyl sites for hydroxylation is 2. The summed E-state index contributed by atoms with van der Waals surface area (Å²) in [7, 11) is 1.96. The average Bonchev–Trinajstić information content (AvgIpc) is 3.04. The van der Waals surface area contributed by atoms with Crippen LogP contribution in [0.4, 0.5) is 0 Å². The molecule has 1 unspecified atom stereocenters. The van der Waals surface area contributed by atoms with Gasteiger partial charge in [-0.1, -0.05) is 13.8 Å². The van der Waals surface area contributed by atoms with E-state index in [-0.39, 0.29) is 6.04 Å². The maximum atomic E-state index is 4.51. The SMILES string of the molecule is CCCNC(Cc1nccn1CCC)c1cnn(C)c1. The third kappa shape index (κ3) is 3.70. The Labute approximate surface area is 121 Å². The molecule has 1 atom stereocenters. The van der Waals surface area contributed by atoms with Crippen molar-refractivity contribution in [1.82, 2.24) is 24.6 Å². The van der Waals surface area contributed by atoms with E-state index in [1.807, 2.05) is 24.1 Å². The minimum absolute atomic E-state index is 0.279. The summed E-state index contributed by atoms with van der Waals surface area (Å²) in [6.45, 7) is 6.42. The van der Waals surface area contributed by atoms with Crippen LogP contribution in [0.5, 0.6) is 0 Å². The zero-order valence-corrected chi connectivity index (χ0v) is 12.7. The van der Waals surface area contributed by atoms with Gasteiger partial charge in [0, 0.05) is 50.2 Å². The van der Waals surface area contributed by atoms with Crippen LogP contribution < -0.4 is 5.32 Å². The van der Waals surface area contributed by atoms with E-state index in [1.165, 1.54) is 5.56 Å². The number of imidazole rings is 1. The lowest BCUT2D eigenvalue weighted by Crippen LogP contribution is -2.25. The van der Waals surface area contributed by atoms with Crippen LogP contribution in [-0.4, -0.2) is 25.9 Å². The standard InChI is InChI=1S/C15H25N5/c1-4-6-16-14(13-11-18-19(3)12-13)10-15-17-7-9-20(15)8-5-2/h7,9,11-12,14,16H,4-6,8,10H2,1-3H3. The summed E-state index contributed by atoms with van der Waals surface area (Å²) < 4.78 is 4.10. The van der Waals surface area contributed by atoms with E-state index in [0.717, 1.165) is 38.2 Å². The van der Waals surface area contributed by atoms with Crippen LogP contribution in [0.3, 0.4) is 0 Å². The summed E-state index contributed by atoms with van der Waals surface area (Å²) in [5.41, 5.74) is 1.23. The molecule has 0 aromatic carbocycles. The predicted molar refractivity (Wildman–Crippen MR) is 80.5 cm³/mol. The quantitative estimate of drug-likeness (QED) is 0.804. The van der Waals surface area contributed by atoms with Crippen LogP contribution in [0, 0.1) is 0 Å². The Balaban J connectivity index is 2.12. The summed E-state index contributed by atoms with van der Waals surface area (Å²) in [4.78, 5) is 4.51. The molecule has 0 aliphatic carbocycles. The van der Waals surface area contributed by atoms with Crippen molar-refractivity contribution in [3.05, 3.63) is 36.2 Å². The molecule has 0 saturated carbocycles. The summed E-state index contributed by atoms with van der Waals surface area (Å²) in [5.74, 6) is 1.14. The number of hydrogen-bond acceptors (Lipinski definition) is 3. The molecule has 0 saturated heterocycles. The third-order valence-electron chi connectivity index (χ3n) is 3.42. The molecular formula is C15H25N5. The van der Waals surface area contributed by atoms with Crippen molar-refractivity contribution >= 4 is 0 Å². The predicted octanol–water partition coefficient (Wildman–Crippen LogP) is 2.31. The van der Waals surface area contributed by atoms with Gasteiger partial charge in [0.1, 0.15) is 5.82 Å². The van der Waals surface area contributed by atoms with Gasteiger partial charge in [0.25, 0.3) is 0 Å². The fourth-order valence-corrected chi connectivity index (χ4v) is 2.40. The molecule has 5 nitrogen and oxygen atoms in total. The van der Waals surface area contributed by atoms with Crippen LogP contribution in [-0.2, 0) is 20.0 Å². The second-order valence-corrected chi connectivity index (χ2v) is 5.20. The van der Waals surface area contributed by atoms with E-state index >= 15 is 0 Å². The van der Waals surface area contributed by atoms with Crippen LogP contribution in [0.25, 0.3) is 0 Å². The highest BCUT2D eigenvalue weighted by atomic mass is 15.2. The molecule has 2 aromatic rings. The molecule has 0 aliphatic heterocycles. The Hall–Kier alpha value is -1.62. The van der Waals surface area contributed by atoms with E-state index in [0.29, 0.717) is 0 Å². The van der Waals surface area contributed by atoms with Gasteiger partial charge in [-0.3, -0.25) is 4.68 Å². The first-order chi connectivity index (χ1) is 9.74. The van der Waals surface area contributed by atoms with E-state index in [2.05, 4.69) is 46.2 Å². The van der Waals surface area contributed by atoms with Gasteiger partial charge in [-0.15, -0.1) is 0 Å². The molecule has 1 N–H and O–H groups in total. The molecule has 0 aliphatic rings. The highest BCUT2D eigenvalue weighted by Crippen LogP contribution is 2.17. The summed E-state index contributed by atoms with van der Waals surface area (Å²) >= 11 is 0. The molecule has 5 heteroatoms. The van der Waals surface area contributed by atoms with E-state index in [4.69, 9.17) is 0 Å². The fourth-order valence-electron chi connectivity index (χ4n) is 2.40. The average molecular weight is 275 g/mol. The van der Waals surface area contributed by atoms with E-state index in [1.54, 1.807) is 0 Å². The highest BCUT2D eigenvalue weighted by Gasteiger charge is 2.16. The van der Waals surface area contributed by atoms with Gasteiger partial charge >= 0.3 is 0 Å². The smallest absolute Gasteiger partial charge is 0.110 e. The lowest BCUT2D eigenvalue weighted by Gasteiger charge is -2.17. The van der Waals surface area contributed by atoms with Gasteiger partial charge in [-0.2, -0.15) is 5.10 Å². The van der Waals surface area contributed by atoms with Crippen molar-refractivity contribution < 1.29 is 0 Å². The Bertz CT molecular complexity index is 514. The van der Waals surface area contributed by atoms with Crippen LogP contribution in [0.1, 0.15) is 44.1 Å². The largest absolute Gasteiger partial charge is 0.335 e. The Morgan fingerprint density at radius 1 is 1.30 bits per heavy atom. The van der Waals surface area contributed by atoms with Gasteiger partial charge in [0.05, 0.1) is 6.20 Å². The van der Waals surface area contributed by atoms with Crippen molar-refractivity contribution in [3.63, 3.8) is 0 Å². The second kappa shape index (κ2) is 7.24. The lowest BCUT2D eigenvalue weighted by atomic mass is 10.1. The molecule has 2 aromatic heterocycles. The fraction of sp³-hybridized carbons (Fsp3) is 0.600. The van der Waals surface area contributed by atoms with E-state index < -0.39 is 0 Å². The monoisotopic (exact) mass is 275 g/mol. The van der Waals surface area contributed by atoms with Crippen LogP contribution in [0.15, 0.2) is 24.8 Å². The first kappa shape index (κ1) is 14.8. The molecule has 0 radical (unpaired) electrons. The Kier molecular flexibility index (Phi) is 5.35. The maximum absolute atomic E-state index is 4.51. The minimum atomic E-state index is 0.279. The number of nitrogens with zero attached hydrogens (tertiary/aromatic N) is 4. The molecule has 0 bridgehead atoms. The van der Waals surface area contributed by atoms with Gasteiger partial charge in [0.15, 0.2) is 0 Å². The molecule has 2 heterocycles. The number of aromatic nitrogens is 4. The first-order valence-corrected chi connectivity index (χ1v) is 7.46. The lowest BCUT2D eigenvalue weighted by molar-refractivity contribution is 0.502. The minimum Gasteiger partial charge on any atom is -0.335 e. The topological polar surface area (TPSA) is 47.7 Å². The van der Waals surface area contributed by atoms with Crippen molar-refractivity contribution in [2.45, 2.75) is 45.7 Å². The zero-order valence-electron chi connectivity index (χ0n) is 12.7. The van der Waals surface area contributed by atoms with Gasteiger partial charge in [0.2, 0.25) is 0 Å². The summed E-state index contributed by atoms with van der Waals surface area (Å²) in [6, 6.07) is 0.279. The van der Waals surface area contributed by atoms with E-state index in [9.17, 15) is 0 Å². The normalized spacial score (nSPS) is 12.8. The summed E-state index contributed by atoms with van der Waals surface area (Å²) in [5, 5.41) is 7.88. The third-order valence-corrected chi connectivity index (χ3v) is 3.42. The Morgan fingerprint density at radius 2 is 2.15 bits per heavy atom. The number of nitrogens with one attached hydrogen (secondary N) is 1. The molecule has 20 heavy (non-hydrogen) atoms. The van der Waals surface area contributed by atoms with Crippen LogP contribution >= 0.6 is 0 Å². The van der Waals surface area contributed by atoms with Crippen molar-refractivity contribution in [1.29, 1.82) is 0 Å². The highest BCUT2D eigenvalue weighted by molar-refractivity contribution is 5.13.